The summed E-state index contributed by atoms with van der Waals surface area (Å²) in [6, 6.07) is 5.14. The van der Waals surface area contributed by atoms with Crippen molar-refractivity contribution in [2.75, 3.05) is 19.6 Å². The molecule has 0 amide bonds. The van der Waals surface area contributed by atoms with Gasteiger partial charge in [0, 0.05) is 36.1 Å². The molecule has 0 aromatic carbocycles. The molecule has 0 bridgehead atoms. The van der Waals surface area contributed by atoms with Crippen LogP contribution in [-0.4, -0.2) is 36.1 Å². The van der Waals surface area contributed by atoms with Gasteiger partial charge in [-0.1, -0.05) is 32.8 Å². The lowest BCUT2D eigenvalue weighted by atomic mass is 9.88. The van der Waals surface area contributed by atoms with Gasteiger partial charge >= 0.3 is 0 Å². The lowest BCUT2D eigenvalue weighted by Gasteiger charge is -2.49. The first-order valence-corrected chi connectivity index (χ1v) is 9.08. The van der Waals surface area contributed by atoms with Gasteiger partial charge in [-0.15, -0.1) is 11.3 Å². The average Bonchev–Trinajstić information content (AvgIpc) is 3.10. The Morgan fingerprint density at radius 1 is 1.40 bits per heavy atom. The fraction of sp³-hybridized carbons (Fsp3) is 0.765. The zero-order valence-electron chi connectivity index (χ0n) is 12.9. The Kier molecular flexibility index (Phi) is 4.49. The summed E-state index contributed by atoms with van der Waals surface area (Å²) in [5.41, 5.74) is 0.475. The summed E-state index contributed by atoms with van der Waals surface area (Å²) in [4.78, 5) is 4.37. The number of nitrogens with zero attached hydrogens (tertiary/aromatic N) is 1. The topological polar surface area (TPSA) is 15.3 Å². The number of nitrogens with one attached hydrogen (secondary N) is 1. The van der Waals surface area contributed by atoms with Crippen molar-refractivity contribution < 1.29 is 0 Å². The third kappa shape index (κ3) is 2.95. The Morgan fingerprint density at radius 2 is 2.20 bits per heavy atom. The lowest BCUT2D eigenvalue weighted by Crippen LogP contribution is -2.64. The Morgan fingerprint density at radius 3 is 2.85 bits per heavy atom. The third-order valence-electron chi connectivity index (χ3n) is 5.33. The lowest BCUT2D eigenvalue weighted by molar-refractivity contribution is 0.0342. The van der Waals surface area contributed by atoms with E-state index in [4.69, 9.17) is 0 Å². The molecule has 112 valence electrons. The number of hydrogen-bond donors (Lipinski definition) is 1. The largest absolute Gasteiger partial charge is 0.311 e. The molecule has 1 aliphatic carbocycles. The van der Waals surface area contributed by atoms with Gasteiger partial charge in [0.05, 0.1) is 0 Å². The Labute approximate surface area is 127 Å². The monoisotopic (exact) mass is 292 g/mol. The van der Waals surface area contributed by atoms with Crippen LogP contribution in [0.3, 0.4) is 0 Å². The van der Waals surface area contributed by atoms with Crippen molar-refractivity contribution in [2.24, 2.45) is 5.92 Å². The van der Waals surface area contributed by atoms with E-state index in [1.807, 2.05) is 11.3 Å². The average molecular weight is 292 g/mol. The summed E-state index contributed by atoms with van der Waals surface area (Å²) in [6.45, 7) is 8.39. The minimum atomic E-state index is 0.475. The molecule has 1 unspecified atom stereocenters. The molecule has 3 heteroatoms. The maximum atomic E-state index is 3.84. The summed E-state index contributed by atoms with van der Waals surface area (Å²) in [7, 11) is 0. The molecule has 20 heavy (non-hydrogen) atoms. The standard InChI is InChI=1S/C17H28N2S/c1-14(2)16-12-19(10-7-15-6-5-11-20-15)17(13-18-16)8-3-4-9-17/h5-6,11,14,16,18H,3-4,7-10,12-13H2,1-2H3. The van der Waals surface area contributed by atoms with Crippen LogP contribution in [0.15, 0.2) is 17.5 Å². The molecule has 0 radical (unpaired) electrons. The Bertz CT molecular complexity index is 407. The third-order valence-corrected chi connectivity index (χ3v) is 6.26. The highest BCUT2D eigenvalue weighted by molar-refractivity contribution is 7.09. The van der Waals surface area contributed by atoms with Crippen LogP contribution in [0.4, 0.5) is 0 Å². The molecule has 3 rings (SSSR count). The van der Waals surface area contributed by atoms with Crippen molar-refractivity contribution in [3.05, 3.63) is 22.4 Å². The van der Waals surface area contributed by atoms with E-state index in [1.165, 1.54) is 56.6 Å². The number of piperazine rings is 1. The quantitative estimate of drug-likeness (QED) is 0.913. The number of rotatable bonds is 4. The molecule has 1 saturated heterocycles. The minimum absolute atomic E-state index is 0.475. The van der Waals surface area contributed by atoms with Gasteiger partial charge < -0.3 is 5.32 Å². The van der Waals surface area contributed by atoms with Crippen LogP contribution >= 0.6 is 11.3 Å². The highest BCUT2D eigenvalue weighted by Gasteiger charge is 2.43. The van der Waals surface area contributed by atoms with E-state index in [2.05, 4.69) is 41.6 Å². The van der Waals surface area contributed by atoms with Gasteiger partial charge in [-0.25, -0.2) is 0 Å². The van der Waals surface area contributed by atoms with Gasteiger partial charge in [-0.05, 0) is 36.6 Å². The van der Waals surface area contributed by atoms with Gasteiger partial charge in [0.15, 0.2) is 0 Å². The van der Waals surface area contributed by atoms with Crippen molar-refractivity contribution in [2.45, 2.75) is 57.5 Å². The fourth-order valence-corrected chi connectivity index (χ4v) is 4.63. The molecule has 1 aliphatic heterocycles. The predicted octanol–water partition coefficient (Wildman–Crippen LogP) is 3.53. The summed E-state index contributed by atoms with van der Waals surface area (Å²) in [5.74, 6) is 0.734. The first kappa shape index (κ1) is 14.6. The second kappa shape index (κ2) is 6.17. The molecule has 1 aromatic rings. The summed E-state index contributed by atoms with van der Waals surface area (Å²) in [6.07, 6.45) is 6.86. The number of thiophene rings is 1. The van der Waals surface area contributed by atoms with Gasteiger partial charge in [0.1, 0.15) is 0 Å². The smallest absolute Gasteiger partial charge is 0.0334 e. The zero-order valence-corrected chi connectivity index (χ0v) is 13.7. The SMILES string of the molecule is CC(C)C1CN(CCc2cccs2)C2(CCCC2)CN1. The zero-order chi connectivity index (χ0) is 14.0. The maximum absolute atomic E-state index is 3.84. The molecule has 1 saturated carbocycles. The van der Waals surface area contributed by atoms with Crippen molar-refractivity contribution in [3.63, 3.8) is 0 Å². The Balaban J connectivity index is 1.67. The van der Waals surface area contributed by atoms with Crippen molar-refractivity contribution in [1.82, 2.24) is 10.2 Å². The molecule has 2 aliphatic rings. The second-order valence-corrected chi connectivity index (χ2v) is 7.97. The fourth-order valence-electron chi connectivity index (χ4n) is 3.93. The number of hydrogen-bond acceptors (Lipinski definition) is 3. The van der Waals surface area contributed by atoms with Gasteiger partial charge in [0.25, 0.3) is 0 Å². The van der Waals surface area contributed by atoms with Gasteiger partial charge in [0.2, 0.25) is 0 Å². The molecule has 2 nitrogen and oxygen atoms in total. The molecule has 2 fully saturated rings. The van der Waals surface area contributed by atoms with Crippen LogP contribution in [0.5, 0.6) is 0 Å². The van der Waals surface area contributed by atoms with Crippen LogP contribution in [0.25, 0.3) is 0 Å². The van der Waals surface area contributed by atoms with Crippen LogP contribution in [0.1, 0.15) is 44.4 Å². The molecule has 1 atom stereocenters. The summed E-state index contributed by atoms with van der Waals surface area (Å²) >= 11 is 1.91. The van der Waals surface area contributed by atoms with E-state index < -0.39 is 0 Å². The van der Waals surface area contributed by atoms with Gasteiger partial charge in [-0.2, -0.15) is 0 Å². The van der Waals surface area contributed by atoms with Crippen molar-refractivity contribution >= 4 is 11.3 Å². The van der Waals surface area contributed by atoms with E-state index in [1.54, 1.807) is 0 Å². The van der Waals surface area contributed by atoms with Crippen LogP contribution < -0.4 is 5.32 Å². The molecule has 1 aromatic heterocycles. The van der Waals surface area contributed by atoms with E-state index in [0.717, 1.165) is 5.92 Å². The molecule has 2 heterocycles. The predicted molar refractivity (Wildman–Crippen MR) is 87.4 cm³/mol. The van der Waals surface area contributed by atoms with Crippen LogP contribution in [0, 0.1) is 5.92 Å². The first-order chi connectivity index (χ1) is 9.70. The molecule has 1 N–H and O–H groups in total. The molecule has 1 spiro atoms. The highest BCUT2D eigenvalue weighted by atomic mass is 32.1. The maximum Gasteiger partial charge on any atom is 0.0334 e. The molecular weight excluding hydrogens is 264 g/mol. The summed E-state index contributed by atoms with van der Waals surface area (Å²) in [5, 5.41) is 6.04. The summed E-state index contributed by atoms with van der Waals surface area (Å²) < 4.78 is 0. The first-order valence-electron chi connectivity index (χ1n) is 8.20. The van der Waals surface area contributed by atoms with E-state index >= 15 is 0 Å². The van der Waals surface area contributed by atoms with Crippen molar-refractivity contribution in [3.8, 4) is 0 Å². The van der Waals surface area contributed by atoms with Crippen LogP contribution in [0.2, 0.25) is 0 Å². The van der Waals surface area contributed by atoms with Crippen LogP contribution in [-0.2, 0) is 6.42 Å². The minimum Gasteiger partial charge on any atom is -0.311 e. The molecular formula is C17H28N2S. The van der Waals surface area contributed by atoms with E-state index in [-0.39, 0.29) is 0 Å². The second-order valence-electron chi connectivity index (χ2n) is 6.94. The Hall–Kier alpha value is -0.380. The van der Waals surface area contributed by atoms with Gasteiger partial charge in [-0.3, -0.25) is 4.90 Å². The van der Waals surface area contributed by atoms with E-state index in [0.29, 0.717) is 11.6 Å². The normalized spacial score (nSPS) is 26.6. The highest BCUT2D eigenvalue weighted by Crippen LogP contribution is 2.37. The van der Waals surface area contributed by atoms with Crippen molar-refractivity contribution in [1.29, 1.82) is 0 Å². The van der Waals surface area contributed by atoms with E-state index in [9.17, 15) is 0 Å².